The van der Waals surface area contributed by atoms with Crippen molar-refractivity contribution in [3.05, 3.63) is 51.7 Å². The van der Waals surface area contributed by atoms with Gasteiger partial charge in [-0.05, 0) is 66.5 Å². The molecule has 1 aromatic heterocycles. The molecule has 0 aliphatic carbocycles. The lowest BCUT2D eigenvalue weighted by molar-refractivity contribution is 0.0947. The van der Waals surface area contributed by atoms with Gasteiger partial charge >= 0.3 is 0 Å². The Labute approximate surface area is 182 Å². The Morgan fingerprint density at radius 2 is 1.87 bits per heavy atom. The summed E-state index contributed by atoms with van der Waals surface area (Å²) in [6.07, 6.45) is 2.86. The second kappa shape index (κ2) is 9.18. The largest absolute Gasteiger partial charge is 0.351 e. The fourth-order valence-corrected chi connectivity index (χ4v) is 6.44. The first-order valence-electron chi connectivity index (χ1n) is 10.6. The van der Waals surface area contributed by atoms with Crippen molar-refractivity contribution in [2.24, 2.45) is 5.92 Å². The summed E-state index contributed by atoms with van der Waals surface area (Å²) in [5.41, 5.74) is 1.89. The van der Waals surface area contributed by atoms with E-state index in [9.17, 15) is 13.2 Å². The molecule has 0 bridgehead atoms. The van der Waals surface area contributed by atoms with Gasteiger partial charge in [-0.2, -0.15) is 4.31 Å². The van der Waals surface area contributed by atoms with Crippen molar-refractivity contribution in [3.63, 3.8) is 0 Å². The predicted octanol–water partition coefficient (Wildman–Crippen LogP) is 2.96. The minimum atomic E-state index is -3.48. The molecule has 2 aromatic rings. The molecule has 0 radical (unpaired) electrons. The van der Waals surface area contributed by atoms with Gasteiger partial charge in [0.25, 0.3) is 5.91 Å². The molecule has 0 spiro atoms. The van der Waals surface area contributed by atoms with E-state index in [1.807, 2.05) is 11.3 Å². The summed E-state index contributed by atoms with van der Waals surface area (Å²) in [6, 6.07) is 8.49. The van der Waals surface area contributed by atoms with E-state index in [0.29, 0.717) is 31.1 Å². The molecule has 0 saturated carbocycles. The van der Waals surface area contributed by atoms with Crippen LogP contribution >= 0.6 is 11.3 Å². The molecule has 1 N–H and O–H groups in total. The zero-order valence-corrected chi connectivity index (χ0v) is 19.0. The summed E-state index contributed by atoms with van der Waals surface area (Å²) in [6.45, 7) is 6.62. The first-order valence-corrected chi connectivity index (χ1v) is 12.9. The van der Waals surface area contributed by atoms with Gasteiger partial charge in [-0.25, -0.2) is 8.42 Å². The number of thiophene rings is 1. The van der Waals surface area contributed by atoms with Crippen molar-refractivity contribution >= 4 is 27.3 Å². The molecule has 3 heterocycles. The number of fused-ring (bicyclic) bond motifs is 1. The minimum Gasteiger partial charge on any atom is -0.351 e. The summed E-state index contributed by atoms with van der Waals surface area (Å²) in [5.74, 6) is 0.402. The molecule has 2 aliphatic heterocycles. The first kappa shape index (κ1) is 21.5. The van der Waals surface area contributed by atoms with Crippen LogP contribution in [0.3, 0.4) is 0 Å². The number of hydrogen-bond acceptors (Lipinski definition) is 5. The Kier molecular flexibility index (Phi) is 6.57. The molecule has 4 rings (SSSR count). The third-order valence-corrected chi connectivity index (χ3v) is 9.03. The number of nitrogens with zero attached hydrogens (tertiary/aromatic N) is 2. The number of sulfonamides is 1. The summed E-state index contributed by atoms with van der Waals surface area (Å²) in [5, 5.41) is 5.10. The van der Waals surface area contributed by atoms with Crippen LogP contribution in [0.4, 0.5) is 0 Å². The average Bonchev–Trinajstić information content (AvgIpc) is 3.22. The van der Waals surface area contributed by atoms with E-state index in [0.717, 1.165) is 38.9 Å². The highest BCUT2D eigenvalue weighted by Gasteiger charge is 2.28. The van der Waals surface area contributed by atoms with E-state index >= 15 is 0 Å². The van der Waals surface area contributed by atoms with Gasteiger partial charge < -0.3 is 5.32 Å². The van der Waals surface area contributed by atoms with Crippen LogP contribution in [0.1, 0.15) is 40.6 Å². The Bertz CT molecular complexity index is 977. The summed E-state index contributed by atoms with van der Waals surface area (Å²) >= 11 is 1.82. The topological polar surface area (TPSA) is 69.7 Å². The molecule has 30 heavy (non-hydrogen) atoms. The van der Waals surface area contributed by atoms with E-state index in [1.165, 1.54) is 10.4 Å². The fourth-order valence-electron chi connectivity index (χ4n) is 4.08. The highest BCUT2D eigenvalue weighted by atomic mass is 32.2. The first-order chi connectivity index (χ1) is 14.4. The molecule has 2 aliphatic rings. The monoisotopic (exact) mass is 447 g/mol. The van der Waals surface area contributed by atoms with Crippen molar-refractivity contribution in [2.75, 3.05) is 32.7 Å². The molecule has 1 aromatic carbocycles. The average molecular weight is 448 g/mol. The fraction of sp³-hybridized carbons (Fsp3) is 0.500. The number of nitrogens with one attached hydrogen (secondary N) is 1. The smallest absolute Gasteiger partial charge is 0.251 e. The van der Waals surface area contributed by atoms with Crippen molar-refractivity contribution in [2.45, 2.75) is 37.6 Å². The standard InChI is InChI=1S/C22H29N3O3S2/c1-17-6-12-25(13-7-17)30(27,28)20-4-2-18(3-5-20)22(26)23-10-14-24-11-8-21-19(16-24)9-15-29-21/h2-5,9,15,17H,6-8,10-14,16H2,1H3,(H,23,26). The van der Waals surface area contributed by atoms with Gasteiger partial charge in [0.15, 0.2) is 0 Å². The Morgan fingerprint density at radius 3 is 2.60 bits per heavy atom. The van der Waals surface area contributed by atoms with Crippen LogP contribution in [0.5, 0.6) is 0 Å². The van der Waals surface area contributed by atoms with Gasteiger partial charge in [-0.15, -0.1) is 11.3 Å². The quantitative estimate of drug-likeness (QED) is 0.739. The van der Waals surface area contributed by atoms with Crippen LogP contribution in [-0.4, -0.2) is 56.3 Å². The van der Waals surface area contributed by atoms with Crippen LogP contribution in [-0.2, 0) is 23.0 Å². The molecule has 1 amide bonds. The number of carbonyl (C=O) groups is 1. The highest BCUT2D eigenvalue weighted by molar-refractivity contribution is 7.89. The molecule has 162 valence electrons. The van der Waals surface area contributed by atoms with E-state index in [-0.39, 0.29) is 10.8 Å². The van der Waals surface area contributed by atoms with Crippen LogP contribution < -0.4 is 5.32 Å². The number of hydrogen-bond donors (Lipinski definition) is 1. The second-order valence-electron chi connectivity index (χ2n) is 8.26. The van der Waals surface area contributed by atoms with Crippen LogP contribution in [0.25, 0.3) is 0 Å². The molecule has 1 fully saturated rings. The van der Waals surface area contributed by atoms with Gasteiger partial charge in [-0.3, -0.25) is 9.69 Å². The Balaban J connectivity index is 1.29. The van der Waals surface area contributed by atoms with E-state index < -0.39 is 10.0 Å². The molecule has 1 saturated heterocycles. The number of rotatable bonds is 6. The molecule has 0 unspecified atom stereocenters. The number of amides is 1. The SMILES string of the molecule is CC1CCN(S(=O)(=O)c2ccc(C(=O)NCCN3CCc4sccc4C3)cc2)CC1. The maximum absolute atomic E-state index is 12.8. The maximum atomic E-state index is 12.8. The molecular weight excluding hydrogens is 418 g/mol. The van der Waals surface area contributed by atoms with Gasteiger partial charge in [0.1, 0.15) is 0 Å². The summed E-state index contributed by atoms with van der Waals surface area (Å²) in [4.78, 5) is 16.5. The van der Waals surface area contributed by atoms with Gasteiger partial charge in [0.05, 0.1) is 4.90 Å². The third kappa shape index (κ3) is 4.77. The Hall–Kier alpha value is -1.74. The second-order valence-corrected chi connectivity index (χ2v) is 11.2. The van der Waals surface area contributed by atoms with Gasteiger partial charge in [-0.1, -0.05) is 6.92 Å². The van der Waals surface area contributed by atoms with Crippen LogP contribution in [0.2, 0.25) is 0 Å². The normalized spacial score (nSPS) is 18.8. The lowest BCUT2D eigenvalue weighted by Crippen LogP contribution is -2.38. The zero-order chi connectivity index (χ0) is 21.1. The zero-order valence-electron chi connectivity index (χ0n) is 17.3. The van der Waals surface area contributed by atoms with Crippen molar-refractivity contribution < 1.29 is 13.2 Å². The molecular formula is C22H29N3O3S2. The minimum absolute atomic E-state index is 0.168. The van der Waals surface area contributed by atoms with Gasteiger partial charge in [0, 0.05) is 49.7 Å². The molecule has 8 heteroatoms. The van der Waals surface area contributed by atoms with E-state index in [1.54, 1.807) is 28.6 Å². The maximum Gasteiger partial charge on any atom is 0.251 e. The number of piperidine rings is 1. The van der Waals surface area contributed by atoms with Crippen LogP contribution in [0, 0.1) is 5.92 Å². The lowest BCUT2D eigenvalue weighted by Gasteiger charge is -2.29. The lowest BCUT2D eigenvalue weighted by atomic mass is 10.0. The van der Waals surface area contributed by atoms with E-state index in [2.05, 4.69) is 28.6 Å². The van der Waals surface area contributed by atoms with E-state index in [4.69, 9.17) is 0 Å². The predicted molar refractivity (Wildman–Crippen MR) is 119 cm³/mol. The van der Waals surface area contributed by atoms with Gasteiger partial charge in [0.2, 0.25) is 10.0 Å². The number of benzene rings is 1. The van der Waals surface area contributed by atoms with Crippen molar-refractivity contribution in [1.29, 1.82) is 0 Å². The number of carbonyl (C=O) groups excluding carboxylic acids is 1. The molecule has 6 nitrogen and oxygen atoms in total. The highest BCUT2D eigenvalue weighted by Crippen LogP contribution is 2.24. The Morgan fingerprint density at radius 1 is 1.13 bits per heavy atom. The van der Waals surface area contributed by atoms with Crippen molar-refractivity contribution in [3.8, 4) is 0 Å². The summed E-state index contributed by atoms with van der Waals surface area (Å²) in [7, 11) is -3.48. The molecule has 0 atom stereocenters. The van der Waals surface area contributed by atoms with Crippen molar-refractivity contribution in [1.82, 2.24) is 14.5 Å². The van der Waals surface area contributed by atoms with Crippen LogP contribution in [0.15, 0.2) is 40.6 Å². The third-order valence-electron chi connectivity index (χ3n) is 6.10. The summed E-state index contributed by atoms with van der Waals surface area (Å²) < 4.78 is 27.2.